The summed E-state index contributed by atoms with van der Waals surface area (Å²) < 4.78 is 0. The molecule has 0 radical (unpaired) electrons. The number of anilines is 2. The lowest BCUT2D eigenvalue weighted by molar-refractivity contribution is 0.102. The van der Waals surface area contributed by atoms with Crippen LogP contribution in [-0.2, 0) is 0 Å². The summed E-state index contributed by atoms with van der Waals surface area (Å²) in [6.07, 6.45) is 1.55. The molecule has 1 aromatic heterocycles. The van der Waals surface area contributed by atoms with E-state index < -0.39 is 0 Å². The molecular formula is C20H17N3O2. The summed E-state index contributed by atoms with van der Waals surface area (Å²) in [5.41, 5.74) is 2.86. The fourth-order valence-corrected chi connectivity index (χ4v) is 2.39. The zero-order valence-electron chi connectivity index (χ0n) is 13.7. The van der Waals surface area contributed by atoms with Crippen LogP contribution in [-0.4, -0.2) is 16.8 Å². The predicted molar refractivity (Wildman–Crippen MR) is 97.8 cm³/mol. The number of nitrogens with zero attached hydrogens (tertiary/aromatic N) is 1. The minimum Gasteiger partial charge on any atom is -0.322 e. The Kier molecular flexibility index (Phi) is 4.85. The SMILES string of the molecule is Cc1cccc(NC(=O)c2ccccc2NC(=O)c2ccccn2)c1. The van der Waals surface area contributed by atoms with Gasteiger partial charge in [0.25, 0.3) is 11.8 Å². The predicted octanol–water partition coefficient (Wildman–Crippen LogP) is 3.89. The average molecular weight is 331 g/mol. The highest BCUT2D eigenvalue weighted by Crippen LogP contribution is 2.18. The first-order valence-corrected chi connectivity index (χ1v) is 7.83. The van der Waals surface area contributed by atoms with Crippen molar-refractivity contribution < 1.29 is 9.59 Å². The number of carbonyl (C=O) groups excluding carboxylic acids is 2. The van der Waals surface area contributed by atoms with Crippen molar-refractivity contribution in [3.05, 3.63) is 89.7 Å². The van der Waals surface area contributed by atoms with Crippen molar-refractivity contribution in [2.24, 2.45) is 0 Å². The number of benzene rings is 2. The lowest BCUT2D eigenvalue weighted by atomic mass is 10.1. The van der Waals surface area contributed by atoms with E-state index in [0.29, 0.717) is 16.9 Å². The fraction of sp³-hybridized carbons (Fsp3) is 0.0500. The molecule has 0 bridgehead atoms. The molecule has 25 heavy (non-hydrogen) atoms. The van der Waals surface area contributed by atoms with Crippen LogP contribution >= 0.6 is 0 Å². The molecule has 0 saturated heterocycles. The molecule has 124 valence electrons. The van der Waals surface area contributed by atoms with E-state index in [1.165, 1.54) is 0 Å². The highest BCUT2D eigenvalue weighted by Gasteiger charge is 2.14. The van der Waals surface area contributed by atoms with Crippen LogP contribution in [0.1, 0.15) is 26.4 Å². The van der Waals surface area contributed by atoms with Gasteiger partial charge in [0, 0.05) is 11.9 Å². The quantitative estimate of drug-likeness (QED) is 0.762. The summed E-state index contributed by atoms with van der Waals surface area (Å²) in [5, 5.41) is 5.59. The molecule has 3 rings (SSSR count). The molecule has 0 aliphatic rings. The zero-order valence-corrected chi connectivity index (χ0v) is 13.7. The molecule has 0 aliphatic carbocycles. The van der Waals surface area contributed by atoms with Crippen LogP contribution in [0.3, 0.4) is 0 Å². The number of para-hydroxylation sites is 1. The maximum atomic E-state index is 12.6. The van der Waals surface area contributed by atoms with Gasteiger partial charge in [0.05, 0.1) is 11.3 Å². The molecule has 0 spiro atoms. The van der Waals surface area contributed by atoms with Gasteiger partial charge in [-0.1, -0.05) is 30.3 Å². The number of pyridine rings is 1. The number of hydrogen-bond donors (Lipinski definition) is 2. The Morgan fingerprint density at radius 3 is 2.40 bits per heavy atom. The molecule has 3 aromatic rings. The first-order chi connectivity index (χ1) is 12.1. The van der Waals surface area contributed by atoms with Crippen molar-refractivity contribution in [3.8, 4) is 0 Å². The van der Waals surface area contributed by atoms with Gasteiger partial charge in [-0.05, 0) is 48.9 Å². The minimum atomic E-state index is -0.364. The van der Waals surface area contributed by atoms with Gasteiger partial charge < -0.3 is 10.6 Å². The lowest BCUT2D eigenvalue weighted by Gasteiger charge is -2.11. The normalized spacial score (nSPS) is 10.1. The van der Waals surface area contributed by atoms with Crippen LogP contribution in [0.25, 0.3) is 0 Å². The molecule has 2 amide bonds. The van der Waals surface area contributed by atoms with Crippen LogP contribution in [0.15, 0.2) is 72.9 Å². The van der Waals surface area contributed by atoms with E-state index in [1.807, 2.05) is 31.2 Å². The summed E-state index contributed by atoms with van der Waals surface area (Å²) in [4.78, 5) is 28.9. The van der Waals surface area contributed by atoms with Crippen molar-refractivity contribution in [1.29, 1.82) is 0 Å². The average Bonchev–Trinajstić information content (AvgIpc) is 2.63. The van der Waals surface area contributed by atoms with Crippen LogP contribution in [0.4, 0.5) is 11.4 Å². The van der Waals surface area contributed by atoms with Crippen molar-refractivity contribution >= 4 is 23.2 Å². The van der Waals surface area contributed by atoms with Gasteiger partial charge in [0.2, 0.25) is 0 Å². The Morgan fingerprint density at radius 2 is 1.64 bits per heavy atom. The molecule has 0 atom stereocenters. The number of aryl methyl sites for hydroxylation is 1. The van der Waals surface area contributed by atoms with Crippen LogP contribution in [0.2, 0.25) is 0 Å². The topological polar surface area (TPSA) is 71.1 Å². The van der Waals surface area contributed by atoms with Crippen molar-refractivity contribution in [2.75, 3.05) is 10.6 Å². The Morgan fingerprint density at radius 1 is 0.840 bits per heavy atom. The molecule has 2 aromatic carbocycles. The molecule has 0 aliphatic heterocycles. The van der Waals surface area contributed by atoms with E-state index in [0.717, 1.165) is 5.56 Å². The Balaban J connectivity index is 1.81. The fourth-order valence-electron chi connectivity index (χ4n) is 2.39. The zero-order chi connectivity index (χ0) is 17.6. The number of carbonyl (C=O) groups is 2. The smallest absolute Gasteiger partial charge is 0.274 e. The summed E-state index contributed by atoms with van der Waals surface area (Å²) >= 11 is 0. The maximum Gasteiger partial charge on any atom is 0.274 e. The van der Waals surface area contributed by atoms with Gasteiger partial charge in [-0.2, -0.15) is 0 Å². The largest absolute Gasteiger partial charge is 0.322 e. The standard InChI is InChI=1S/C20H17N3O2/c1-14-7-6-8-15(13-14)22-19(24)16-9-2-3-10-17(16)23-20(25)18-11-4-5-12-21-18/h2-13H,1H3,(H,22,24)(H,23,25). The molecule has 5 nitrogen and oxygen atoms in total. The number of rotatable bonds is 4. The van der Waals surface area contributed by atoms with Gasteiger partial charge in [-0.15, -0.1) is 0 Å². The maximum absolute atomic E-state index is 12.6. The second kappa shape index (κ2) is 7.40. The van der Waals surface area contributed by atoms with E-state index in [2.05, 4.69) is 15.6 Å². The van der Waals surface area contributed by atoms with Crippen LogP contribution in [0.5, 0.6) is 0 Å². The van der Waals surface area contributed by atoms with E-state index in [9.17, 15) is 9.59 Å². The third-order valence-corrected chi connectivity index (χ3v) is 3.59. The first kappa shape index (κ1) is 16.4. The monoisotopic (exact) mass is 331 g/mol. The highest BCUT2D eigenvalue weighted by atomic mass is 16.2. The number of hydrogen-bond acceptors (Lipinski definition) is 3. The number of aromatic nitrogens is 1. The second-order valence-corrected chi connectivity index (χ2v) is 5.54. The summed E-state index contributed by atoms with van der Waals surface area (Å²) in [7, 11) is 0. The summed E-state index contributed by atoms with van der Waals surface area (Å²) in [5.74, 6) is -0.654. The van der Waals surface area contributed by atoms with E-state index in [-0.39, 0.29) is 17.5 Å². The molecule has 5 heteroatoms. The minimum absolute atomic E-state index is 0.288. The van der Waals surface area contributed by atoms with Crippen LogP contribution in [0, 0.1) is 6.92 Å². The van der Waals surface area contributed by atoms with Gasteiger partial charge in [0.1, 0.15) is 5.69 Å². The summed E-state index contributed by atoms with van der Waals surface area (Å²) in [6.45, 7) is 1.96. The molecule has 0 saturated carbocycles. The van der Waals surface area contributed by atoms with Gasteiger partial charge in [-0.3, -0.25) is 14.6 Å². The summed E-state index contributed by atoms with van der Waals surface area (Å²) in [6, 6.07) is 19.5. The van der Waals surface area contributed by atoms with Gasteiger partial charge in [-0.25, -0.2) is 0 Å². The molecule has 2 N–H and O–H groups in total. The molecule has 0 unspecified atom stereocenters. The lowest BCUT2D eigenvalue weighted by Crippen LogP contribution is -2.18. The van der Waals surface area contributed by atoms with Crippen molar-refractivity contribution in [2.45, 2.75) is 6.92 Å². The highest BCUT2D eigenvalue weighted by molar-refractivity contribution is 6.12. The number of amides is 2. The first-order valence-electron chi connectivity index (χ1n) is 7.83. The second-order valence-electron chi connectivity index (χ2n) is 5.54. The van der Waals surface area contributed by atoms with E-state index in [1.54, 1.807) is 48.7 Å². The van der Waals surface area contributed by atoms with E-state index >= 15 is 0 Å². The van der Waals surface area contributed by atoms with Gasteiger partial charge >= 0.3 is 0 Å². The molecular weight excluding hydrogens is 314 g/mol. The van der Waals surface area contributed by atoms with Crippen molar-refractivity contribution in [1.82, 2.24) is 4.98 Å². The van der Waals surface area contributed by atoms with Crippen molar-refractivity contribution in [3.63, 3.8) is 0 Å². The van der Waals surface area contributed by atoms with Gasteiger partial charge in [0.15, 0.2) is 0 Å². The Hall–Kier alpha value is -3.47. The van der Waals surface area contributed by atoms with Crippen LogP contribution < -0.4 is 10.6 Å². The molecule has 0 fully saturated rings. The number of nitrogens with one attached hydrogen (secondary N) is 2. The third kappa shape index (κ3) is 4.09. The Labute approximate surface area is 145 Å². The molecule has 1 heterocycles. The third-order valence-electron chi connectivity index (χ3n) is 3.59. The Bertz CT molecular complexity index is 908. The van der Waals surface area contributed by atoms with E-state index in [4.69, 9.17) is 0 Å².